The van der Waals surface area contributed by atoms with Crippen molar-refractivity contribution in [1.82, 2.24) is 25.1 Å². The smallest absolute Gasteiger partial charge is 0.220 e. The van der Waals surface area contributed by atoms with E-state index < -0.39 is 0 Å². The van der Waals surface area contributed by atoms with Crippen LogP contribution in [0.1, 0.15) is 35.0 Å². The zero-order valence-electron chi connectivity index (χ0n) is 18.5. The van der Waals surface area contributed by atoms with Gasteiger partial charge in [-0.2, -0.15) is 0 Å². The summed E-state index contributed by atoms with van der Waals surface area (Å²) in [6.07, 6.45) is 3.08. The van der Waals surface area contributed by atoms with Gasteiger partial charge in [-0.15, -0.1) is 0 Å². The molecule has 1 fully saturated rings. The fourth-order valence-corrected chi connectivity index (χ4v) is 4.33. The summed E-state index contributed by atoms with van der Waals surface area (Å²) in [5.41, 5.74) is 4.18. The van der Waals surface area contributed by atoms with Gasteiger partial charge >= 0.3 is 0 Å². The fraction of sp³-hybridized carbons (Fsp3) is 0.522. The van der Waals surface area contributed by atoms with E-state index in [0.717, 1.165) is 60.4 Å². The summed E-state index contributed by atoms with van der Waals surface area (Å²) in [6.45, 7) is 9.05. The number of hydrogen-bond acceptors (Lipinski definition) is 6. The molecule has 0 spiro atoms. The Labute approximate surface area is 184 Å². The highest BCUT2D eigenvalue weighted by molar-refractivity contribution is 7.98. The Morgan fingerprint density at radius 2 is 1.73 bits per heavy atom. The molecule has 1 aliphatic heterocycles. The zero-order valence-corrected chi connectivity index (χ0v) is 19.3. The number of rotatable bonds is 8. The van der Waals surface area contributed by atoms with Gasteiger partial charge in [-0.25, -0.2) is 9.97 Å². The average molecular weight is 428 g/mol. The van der Waals surface area contributed by atoms with Crippen LogP contribution in [-0.2, 0) is 11.2 Å². The van der Waals surface area contributed by atoms with Gasteiger partial charge in [0.15, 0.2) is 5.16 Å². The number of benzene rings is 1. The van der Waals surface area contributed by atoms with Crippen molar-refractivity contribution in [1.29, 1.82) is 0 Å². The minimum Gasteiger partial charge on any atom is -0.348 e. The second-order valence-electron chi connectivity index (χ2n) is 7.99. The van der Waals surface area contributed by atoms with Crippen LogP contribution in [0, 0.1) is 13.8 Å². The van der Waals surface area contributed by atoms with Crippen molar-refractivity contribution in [2.45, 2.75) is 37.9 Å². The van der Waals surface area contributed by atoms with E-state index in [0.29, 0.717) is 12.8 Å². The Morgan fingerprint density at radius 3 is 2.33 bits per heavy atom. The number of aromatic nitrogens is 2. The first kappa shape index (κ1) is 22.7. The molecule has 1 atom stereocenters. The van der Waals surface area contributed by atoms with Crippen LogP contribution < -0.4 is 5.32 Å². The maximum atomic E-state index is 12.9. The van der Waals surface area contributed by atoms with Crippen molar-refractivity contribution in [3.8, 4) is 0 Å². The minimum atomic E-state index is -0.000539. The molecule has 7 heteroatoms. The molecule has 1 unspecified atom stereocenters. The van der Waals surface area contributed by atoms with Gasteiger partial charge in [0.2, 0.25) is 5.91 Å². The van der Waals surface area contributed by atoms with Crippen LogP contribution in [0.5, 0.6) is 0 Å². The molecule has 0 radical (unpaired) electrons. The summed E-state index contributed by atoms with van der Waals surface area (Å²) in [5, 5.41) is 4.07. The number of amides is 1. The molecule has 30 heavy (non-hydrogen) atoms. The number of carbonyl (C=O) groups excluding carboxylic acids is 1. The number of carbonyl (C=O) groups is 1. The first-order valence-corrected chi connectivity index (χ1v) is 11.8. The molecule has 3 rings (SSSR count). The summed E-state index contributed by atoms with van der Waals surface area (Å²) in [5.74, 6) is 0.0747. The topological polar surface area (TPSA) is 61.4 Å². The van der Waals surface area contributed by atoms with Crippen LogP contribution in [0.4, 0.5) is 0 Å². The molecule has 1 amide bonds. The Balaban J connectivity index is 1.63. The number of aryl methyl sites for hydroxylation is 2. The SMILES string of the molecule is CSc1nc(C)c(CCC(=O)NC(CN2CCN(C)CC2)c2ccccc2)c(C)n1. The van der Waals surface area contributed by atoms with Crippen molar-refractivity contribution < 1.29 is 4.79 Å². The predicted octanol–water partition coefficient (Wildman–Crippen LogP) is 2.85. The quantitative estimate of drug-likeness (QED) is 0.516. The Morgan fingerprint density at radius 1 is 1.10 bits per heavy atom. The summed E-state index contributed by atoms with van der Waals surface area (Å²) >= 11 is 1.54. The van der Waals surface area contributed by atoms with Gasteiger partial charge in [0.25, 0.3) is 0 Å². The minimum absolute atomic E-state index is 0.000539. The monoisotopic (exact) mass is 427 g/mol. The number of piperazine rings is 1. The third-order valence-electron chi connectivity index (χ3n) is 5.76. The second kappa shape index (κ2) is 10.9. The van der Waals surface area contributed by atoms with Crippen LogP contribution in [-0.4, -0.2) is 71.7 Å². The molecule has 162 valence electrons. The van der Waals surface area contributed by atoms with Crippen LogP contribution in [0.25, 0.3) is 0 Å². The van der Waals surface area contributed by atoms with E-state index in [1.165, 1.54) is 0 Å². The Kier molecular flexibility index (Phi) is 8.24. The molecule has 1 aliphatic rings. The molecule has 0 saturated carbocycles. The molecule has 1 saturated heterocycles. The standard InChI is InChI=1S/C23H33N5OS/c1-17-20(18(2)25-23(24-17)30-4)10-11-22(29)26-21(19-8-6-5-7-9-19)16-28-14-12-27(3)13-15-28/h5-9,21H,10-16H2,1-4H3,(H,26,29). The van der Waals surface area contributed by atoms with E-state index in [-0.39, 0.29) is 11.9 Å². The number of likely N-dealkylation sites (N-methyl/N-ethyl adjacent to an activating group) is 1. The van der Waals surface area contributed by atoms with E-state index in [4.69, 9.17) is 0 Å². The van der Waals surface area contributed by atoms with E-state index in [1.807, 2.05) is 38.3 Å². The van der Waals surface area contributed by atoms with E-state index >= 15 is 0 Å². The van der Waals surface area contributed by atoms with Crippen LogP contribution >= 0.6 is 11.8 Å². The number of hydrogen-bond donors (Lipinski definition) is 1. The number of nitrogens with one attached hydrogen (secondary N) is 1. The first-order chi connectivity index (χ1) is 14.5. The average Bonchev–Trinajstić information content (AvgIpc) is 2.74. The van der Waals surface area contributed by atoms with Crippen LogP contribution in [0.3, 0.4) is 0 Å². The molecule has 6 nitrogen and oxygen atoms in total. The van der Waals surface area contributed by atoms with Crippen molar-refractivity contribution in [2.24, 2.45) is 0 Å². The van der Waals surface area contributed by atoms with Gasteiger partial charge in [0.1, 0.15) is 0 Å². The lowest BCUT2D eigenvalue weighted by Crippen LogP contribution is -2.47. The van der Waals surface area contributed by atoms with Gasteiger partial charge in [-0.1, -0.05) is 42.1 Å². The zero-order chi connectivity index (χ0) is 21.5. The van der Waals surface area contributed by atoms with Crippen LogP contribution in [0.15, 0.2) is 35.5 Å². The van der Waals surface area contributed by atoms with Crippen molar-refractivity contribution in [3.05, 3.63) is 52.8 Å². The molecule has 1 aromatic heterocycles. The highest BCUT2D eigenvalue weighted by Crippen LogP contribution is 2.19. The van der Waals surface area contributed by atoms with E-state index in [9.17, 15) is 4.79 Å². The van der Waals surface area contributed by atoms with Gasteiger partial charge < -0.3 is 10.2 Å². The van der Waals surface area contributed by atoms with Gasteiger partial charge in [-0.05, 0) is 44.7 Å². The molecular weight excluding hydrogens is 394 g/mol. The maximum absolute atomic E-state index is 12.9. The summed E-state index contributed by atoms with van der Waals surface area (Å²) in [4.78, 5) is 26.7. The van der Waals surface area contributed by atoms with Gasteiger partial charge in [0, 0.05) is 50.5 Å². The molecule has 0 aliphatic carbocycles. The lowest BCUT2D eigenvalue weighted by Gasteiger charge is -2.35. The highest BCUT2D eigenvalue weighted by atomic mass is 32.2. The summed E-state index contributed by atoms with van der Waals surface area (Å²) in [7, 11) is 2.16. The second-order valence-corrected chi connectivity index (χ2v) is 8.77. The maximum Gasteiger partial charge on any atom is 0.220 e. The Bertz CT molecular complexity index is 814. The lowest BCUT2D eigenvalue weighted by molar-refractivity contribution is -0.122. The van der Waals surface area contributed by atoms with E-state index in [2.05, 4.69) is 44.3 Å². The summed E-state index contributed by atoms with van der Waals surface area (Å²) in [6, 6.07) is 10.3. The van der Waals surface area contributed by atoms with E-state index in [1.54, 1.807) is 11.8 Å². The normalized spacial score (nSPS) is 16.4. The van der Waals surface area contributed by atoms with Gasteiger partial charge in [-0.3, -0.25) is 9.69 Å². The molecule has 2 aromatic rings. The summed E-state index contributed by atoms with van der Waals surface area (Å²) < 4.78 is 0. The molecule has 1 N–H and O–H groups in total. The first-order valence-electron chi connectivity index (χ1n) is 10.6. The largest absolute Gasteiger partial charge is 0.348 e. The number of thioether (sulfide) groups is 1. The van der Waals surface area contributed by atoms with Crippen molar-refractivity contribution in [3.63, 3.8) is 0 Å². The fourth-order valence-electron chi connectivity index (χ4n) is 3.88. The molecular formula is C23H33N5OS. The Hall–Kier alpha value is -1.96. The van der Waals surface area contributed by atoms with Crippen molar-refractivity contribution >= 4 is 17.7 Å². The number of nitrogens with zero attached hydrogens (tertiary/aromatic N) is 4. The lowest BCUT2D eigenvalue weighted by atomic mass is 10.0. The third kappa shape index (κ3) is 6.27. The molecule has 0 bridgehead atoms. The molecule has 1 aromatic carbocycles. The highest BCUT2D eigenvalue weighted by Gasteiger charge is 2.21. The third-order valence-corrected chi connectivity index (χ3v) is 6.31. The predicted molar refractivity (Wildman–Crippen MR) is 123 cm³/mol. The van der Waals surface area contributed by atoms with Crippen LogP contribution in [0.2, 0.25) is 0 Å². The van der Waals surface area contributed by atoms with Gasteiger partial charge in [0.05, 0.1) is 6.04 Å². The van der Waals surface area contributed by atoms with Crippen molar-refractivity contribution in [2.75, 3.05) is 46.0 Å². The molecule has 2 heterocycles.